The second-order valence-electron chi connectivity index (χ2n) is 3.35. The second-order valence-corrected chi connectivity index (χ2v) is 3.35. The first kappa shape index (κ1) is 11.6. The van der Waals surface area contributed by atoms with Crippen LogP contribution in [-0.4, -0.2) is 15.0 Å². The fraction of sp³-hybridized carbons (Fsp3) is 0. The van der Waals surface area contributed by atoms with E-state index < -0.39 is 4.92 Å². The number of pyridine rings is 1. The summed E-state index contributed by atoms with van der Waals surface area (Å²) < 4.78 is 0. The van der Waals surface area contributed by atoms with E-state index in [0.717, 1.165) is 0 Å². The Morgan fingerprint density at radius 1 is 1.11 bits per heavy atom. The van der Waals surface area contributed by atoms with Gasteiger partial charge in [0.1, 0.15) is 5.75 Å². The number of rotatable bonds is 3. The Bertz CT molecular complexity index is 578. The van der Waals surface area contributed by atoms with Gasteiger partial charge in [0.2, 0.25) is 0 Å². The van der Waals surface area contributed by atoms with E-state index in [4.69, 9.17) is 5.11 Å². The molecule has 0 fully saturated rings. The van der Waals surface area contributed by atoms with Gasteiger partial charge in [-0.05, 0) is 24.3 Å². The molecule has 0 aliphatic heterocycles. The third-order valence-electron chi connectivity index (χ3n) is 2.06. The minimum Gasteiger partial charge on any atom is -0.506 e. The van der Waals surface area contributed by atoms with Crippen molar-refractivity contribution in [1.29, 1.82) is 0 Å². The molecule has 0 spiro atoms. The van der Waals surface area contributed by atoms with Gasteiger partial charge < -0.3 is 5.11 Å². The summed E-state index contributed by atoms with van der Waals surface area (Å²) in [5.41, 5.74) is 0.479. The van der Waals surface area contributed by atoms with E-state index in [1.54, 1.807) is 0 Å². The number of nitro groups is 1. The maximum Gasteiger partial charge on any atom is 0.269 e. The zero-order valence-electron chi connectivity index (χ0n) is 9.09. The molecule has 0 saturated heterocycles. The Morgan fingerprint density at radius 2 is 1.83 bits per heavy atom. The van der Waals surface area contributed by atoms with Crippen LogP contribution in [0.15, 0.2) is 52.8 Å². The van der Waals surface area contributed by atoms with Gasteiger partial charge in [-0.2, -0.15) is 0 Å². The van der Waals surface area contributed by atoms with Crippen molar-refractivity contribution in [1.82, 2.24) is 4.98 Å². The van der Waals surface area contributed by atoms with Crippen LogP contribution in [0.25, 0.3) is 0 Å². The van der Waals surface area contributed by atoms with Gasteiger partial charge >= 0.3 is 0 Å². The molecule has 0 aliphatic carbocycles. The Hall–Kier alpha value is -2.83. The predicted molar refractivity (Wildman–Crippen MR) is 63.2 cm³/mol. The van der Waals surface area contributed by atoms with Crippen LogP contribution in [0.3, 0.4) is 0 Å². The van der Waals surface area contributed by atoms with E-state index >= 15 is 0 Å². The summed E-state index contributed by atoms with van der Waals surface area (Å²) >= 11 is 0. The lowest BCUT2D eigenvalue weighted by Gasteiger charge is -1.93. The van der Waals surface area contributed by atoms with Crippen molar-refractivity contribution in [2.75, 3.05) is 0 Å². The van der Waals surface area contributed by atoms with Crippen LogP contribution in [0.5, 0.6) is 5.75 Å². The smallest absolute Gasteiger partial charge is 0.269 e. The highest BCUT2D eigenvalue weighted by molar-refractivity contribution is 5.44. The molecule has 2 aromatic rings. The fourth-order valence-electron chi connectivity index (χ4n) is 1.19. The normalized spacial score (nSPS) is 10.7. The van der Waals surface area contributed by atoms with Gasteiger partial charge in [0.25, 0.3) is 5.69 Å². The predicted octanol–water partition coefficient (Wildman–Crippen LogP) is 3.11. The molecule has 18 heavy (non-hydrogen) atoms. The van der Waals surface area contributed by atoms with Crippen LogP contribution in [0.4, 0.5) is 17.2 Å². The fourth-order valence-corrected chi connectivity index (χ4v) is 1.19. The topological polar surface area (TPSA) is 101 Å². The van der Waals surface area contributed by atoms with Crippen molar-refractivity contribution in [3.8, 4) is 5.75 Å². The van der Waals surface area contributed by atoms with Gasteiger partial charge in [-0.25, -0.2) is 4.98 Å². The van der Waals surface area contributed by atoms with E-state index in [1.807, 2.05) is 0 Å². The molecule has 1 heterocycles. The lowest BCUT2D eigenvalue weighted by Crippen LogP contribution is -1.85. The molecule has 0 saturated carbocycles. The average molecular weight is 244 g/mol. The van der Waals surface area contributed by atoms with Crippen LogP contribution in [0.1, 0.15) is 0 Å². The summed E-state index contributed by atoms with van der Waals surface area (Å²) in [6.45, 7) is 0. The molecule has 0 aliphatic rings. The molecule has 7 heteroatoms. The highest BCUT2D eigenvalue weighted by atomic mass is 16.6. The highest BCUT2D eigenvalue weighted by Crippen LogP contribution is 2.20. The molecule has 7 nitrogen and oxygen atoms in total. The van der Waals surface area contributed by atoms with Gasteiger partial charge in [0, 0.05) is 12.1 Å². The Labute approximate surface area is 102 Å². The van der Waals surface area contributed by atoms with Gasteiger partial charge in [0.05, 0.1) is 16.8 Å². The number of non-ortho nitro benzene ring substituents is 1. The summed E-state index contributed by atoms with van der Waals surface area (Å²) in [4.78, 5) is 13.8. The number of benzene rings is 1. The monoisotopic (exact) mass is 244 g/mol. The number of nitro benzene ring substituents is 1. The maximum absolute atomic E-state index is 10.4. The lowest BCUT2D eigenvalue weighted by molar-refractivity contribution is -0.384. The molecule has 2 rings (SSSR count). The molecule has 1 aromatic carbocycles. The molecular formula is C11H8N4O3. The summed E-state index contributed by atoms with van der Waals surface area (Å²) in [7, 11) is 0. The maximum atomic E-state index is 10.4. The van der Waals surface area contributed by atoms with Crippen LogP contribution in [-0.2, 0) is 0 Å². The van der Waals surface area contributed by atoms with Crippen LogP contribution in [0.2, 0.25) is 0 Å². The van der Waals surface area contributed by atoms with Crippen molar-refractivity contribution in [3.63, 3.8) is 0 Å². The van der Waals surface area contributed by atoms with Crippen LogP contribution in [0, 0.1) is 10.1 Å². The molecule has 1 aromatic heterocycles. The van der Waals surface area contributed by atoms with Gasteiger partial charge in [0.15, 0.2) is 5.82 Å². The molecule has 90 valence electrons. The highest BCUT2D eigenvalue weighted by Gasteiger charge is 2.03. The Morgan fingerprint density at radius 3 is 2.39 bits per heavy atom. The zero-order chi connectivity index (χ0) is 13.0. The first-order valence-corrected chi connectivity index (χ1v) is 4.96. The van der Waals surface area contributed by atoms with Gasteiger partial charge in [-0.15, -0.1) is 10.2 Å². The number of hydrogen-bond donors (Lipinski definition) is 1. The first-order chi connectivity index (χ1) is 8.65. The Kier molecular flexibility index (Phi) is 3.24. The van der Waals surface area contributed by atoms with Crippen molar-refractivity contribution in [2.45, 2.75) is 0 Å². The SMILES string of the molecule is O=[N+]([O-])c1ccc(/N=N/c2ccc(O)cn2)cc1. The molecule has 0 radical (unpaired) electrons. The van der Waals surface area contributed by atoms with Crippen molar-refractivity contribution < 1.29 is 10.0 Å². The van der Waals surface area contributed by atoms with Crippen molar-refractivity contribution >= 4 is 17.2 Å². The van der Waals surface area contributed by atoms with E-state index in [2.05, 4.69) is 15.2 Å². The number of azo groups is 1. The lowest BCUT2D eigenvalue weighted by atomic mass is 10.3. The third kappa shape index (κ3) is 2.85. The largest absolute Gasteiger partial charge is 0.506 e. The number of nitrogens with zero attached hydrogens (tertiary/aromatic N) is 4. The summed E-state index contributed by atoms with van der Waals surface area (Å²) in [5.74, 6) is 0.385. The summed E-state index contributed by atoms with van der Waals surface area (Å²) in [6.07, 6.45) is 1.25. The van der Waals surface area contributed by atoms with Crippen LogP contribution >= 0.6 is 0 Å². The third-order valence-corrected chi connectivity index (χ3v) is 2.06. The standard InChI is InChI=1S/C11H8N4O3/c16-10-5-6-11(12-7-10)14-13-8-1-3-9(4-2-8)15(17)18/h1-7,16H/b14-13+. The second kappa shape index (κ2) is 5.00. The van der Waals surface area contributed by atoms with Gasteiger partial charge in [-0.1, -0.05) is 0 Å². The minimum absolute atomic E-state index is 0.00305. The molecule has 0 atom stereocenters. The molecule has 0 amide bonds. The average Bonchev–Trinajstić information content (AvgIpc) is 2.38. The summed E-state index contributed by atoms with van der Waals surface area (Å²) in [5, 5.41) is 27.2. The number of aromatic nitrogens is 1. The molecule has 0 bridgehead atoms. The van der Waals surface area contributed by atoms with E-state index in [0.29, 0.717) is 11.5 Å². The summed E-state index contributed by atoms with van der Waals surface area (Å²) in [6, 6.07) is 8.61. The Balaban J connectivity index is 2.13. The van der Waals surface area contributed by atoms with Crippen molar-refractivity contribution in [2.24, 2.45) is 10.2 Å². The van der Waals surface area contributed by atoms with E-state index in [-0.39, 0.29) is 11.4 Å². The number of aromatic hydroxyl groups is 1. The first-order valence-electron chi connectivity index (χ1n) is 4.96. The van der Waals surface area contributed by atoms with Crippen LogP contribution < -0.4 is 0 Å². The molecule has 0 unspecified atom stereocenters. The van der Waals surface area contributed by atoms with E-state index in [1.165, 1.54) is 42.6 Å². The van der Waals surface area contributed by atoms with Crippen molar-refractivity contribution in [3.05, 3.63) is 52.7 Å². The minimum atomic E-state index is -0.484. The quantitative estimate of drug-likeness (QED) is 0.509. The van der Waals surface area contributed by atoms with Gasteiger partial charge in [-0.3, -0.25) is 10.1 Å². The molecule has 1 N–H and O–H groups in total. The zero-order valence-corrected chi connectivity index (χ0v) is 9.09. The van der Waals surface area contributed by atoms with E-state index in [9.17, 15) is 10.1 Å². The number of hydrogen-bond acceptors (Lipinski definition) is 6. The molecular weight excluding hydrogens is 236 g/mol.